The molecule has 0 aliphatic heterocycles. The third kappa shape index (κ3) is 4.57. The molecule has 7 heteroatoms. The Morgan fingerprint density at radius 2 is 1.88 bits per heavy atom. The van der Waals surface area contributed by atoms with E-state index in [1.54, 1.807) is 12.1 Å². The number of rotatable bonds is 7. The number of hydrogen-bond donors (Lipinski definition) is 0. The van der Waals surface area contributed by atoms with Crippen LogP contribution in [0.5, 0.6) is 11.5 Å². The predicted molar refractivity (Wildman–Crippen MR) is 92.0 cm³/mol. The van der Waals surface area contributed by atoms with E-state index in [9.17, 15) is 8.78 Å². The van der Waals surface area contributed by atoms with E-state index >= 15 is 0 Å². The van der Waals surface area contributed by atoms with Gasteiger partial charge in [0.1, 0.15) is 12.9 Å². The van der Waals surface area contributed by atoms with E-state index in [1.807, 2.05) is 30.3 Å². The maximum atomic E-state index is 12.6. The van der Waals surface area contributed by atoms with E-state index in [0.717, 1.165) is 11.3 Å². The van der Waals surface area contributed by atoms with Crippen molar-refractivity contribution in [1.29, 1.82) is 0 Å². The first-order chi connectivity index (χ1) is 12.2. The maximum absolute atomic E-state index is 12.6. The van der Waals surface area contributed by atoms with E-state index in [0.29, 0.717) is 16.8 Å². The summed E-state index contributed by atoms with van der Waals surface area (Å²) in [5.41, 5.74) is 2.25. The standard InChI is InChI=1S/C18H14BrF2NO3/c19-9-14-11-24-17(22-14)13-6-7-15(25-18(20)21)16(8-13)23-10-12-4-2-1-3-5-12/h1-8,11,18H,9-10H2. The number of ether oxygens (including phenoxy) is 2. The molecule has 1 heterocycles. The largest absolute Gasteiger partial charge is 0.485 e. The second kappa shape index (κ2) is 8.11. The molecule has 0 N–H and O–H groups in total. The van der Waals surface area contributed by atoms with Gasteiger partial charge in [-0.2, -0.15) is 8.78 Å². The molecule has 0 fully saturated rings. The topological polar surface area (TPSA) is 44.5 Å². The van der Waals surface area contributed by atoms with Gasteiger partial charge in [-0.1, -0.05) is 46.3 Å². The Kier molecular flexibility index (Phi) is 5.65. The summed E-state index contributed by atoms with van der Waals surface area (Å²) in [6.07, 6.45) is 1.53. The molecule has 3 aromatic rings. The smallest absolute Gasteiger partial charge is 0.387 e. The van der Waals surface area contributed by atoms with Crippen LogP contribution in [0.25, 0.3) is 11.5 Å². The molecule has 0 saturated heterocycles. The maximum Gasteiger partial charge on any atom is 0.387 e. The van der Waals surface area contributed by atoms with Crippen molar-refractivity contribution in [1.82, 2.24) is 4.98 Å². The van der Waals surface area contributed by atoms with Crippen molar-refractivity contribution in [2.24, 2.45) is 0 Å². The fourth-order valence-corrected chi connectivity index (χ4v) is 2.44. The quantitative estimate of drug-likeness (QED) is 0.488. The summed E-state index contributed by atoms with van der Waals surface area (Å²) in [7, 11) is 0. The van der Waals surface area contributed by atoms with Gasteiger partial charge in [0.2, 0.25) is 5.89 Å². The summed E-state index contributed by atoms with van der Waals surface area (Å²) < 4.78 is 40.9. The molecule has 4 nitrogen and oxygen atoms in total. The summed E-state index contributed by atoms with van der Waals surface area (Å²) in [5.74, 6) is 0.532. The van der Waals surface area contributed by atoms with Crippen LogP contribution in [0, 0.1) is 0 Å². The van der Waals surface area contributed by atoms with Crippen LogP contribution in [0.1, 0.15) is 11.3 Å². The van der Waals surface area contributed by atoms with Crippen LogP contribution in [0.2, 0.25) is 0 Å². The average molecular weight is 410 g/mol. The van der Waals surface area contributed by atoms with Crippen LogP contribution in [0.3, 0.4) is 0 Å². The first-order valence-electron chi connectivity index (χ1n) is 7.42. The second-order valence-electron chi connectivity index (χ2n) is 5.09. The molecule has 1 aromatic heterocycles. The zero-order chi connectivity index (χ0) is 17.6. The number of alkyl halides is 3. The first kappa shape index (κ1) is 17.4. The van der Waals surface area contributed by atoms with Crippen molar-refractivity contribution in [3.8, 4) is 23.0 Å². The lowest BCUT2D eigenvalue weighted by Gasteiger charge is -2.13. The highest BCUT2D eigenvalue weighted by atomic mass is 79.9. The zero-order valence-corrected chi connectivity index (χ0v) is 14.6. The third-order valence-corrected chi connectivity index (χ3v) is 3.91. The van der Waals surface area contributed by atoms with Gasteiger partial charge in [-0.15, -0.1) is 0 Å². The van der Waals surface area contributed by atoms with Crippen LogP contribution < -0.4 is 9.47 Å². The van der Waals surface area contributed by atoms with Gasteiger partial charge in [0, 0.05) is 10.9 Å². The Morgan fingerprint density at radius 3 is 2.56 bits per heavy atom. The SMILES string of the molecule is FC(F)Oc1ccc(-c2nc(CBr)co2)cc1OCc1ccccc1. The van der Waals surface area contributed by atoms with Gasteiger partial charge in [-0.05, 0) is 23.8 Å². The van der Waals surface area contributed by atoms with Crippen LogP contribution in [-0.2, 0) is 11.9 Å². The predicted octanol–water partition coefficient (Wildman–Crippen LogP) is 5.42. The number of hydrogen-bond acceptors (Lipinski definition) is 4. The van der Waals surface area contributed by atoms with E-state index in [-0.39, 0.29) is 18.1 Å². The Hall–Kier alpha value is -2.41. The number of benzene rings is 2. The molecule has 0 unspecified atom stereocenters. The van der Waals surface area contributed by atoms with Gasteiger partial charge < -0.3 is 13.9 Å². The van der Waals surface area contributed by atoms with Crippen molar-refractivity contribution in [3.05, 3.63) is 66.1 Å². The molecule has 0 spiro atoms. The Balaban J connectivity index is 1.87. The number of halogens is 3. The molecule has 0 radical (unpaired) electrons. The monoisotopic (exact) mass is 409 g/mol. The summed E-state index contributed by atoms with van der Waals surface area (Å²) >= 11 is 3.30. The molecule has 0 atom stereocenters. The minimum absolute atomic E-state index is 0.0399. The molecule has 3 rings (SSSR count). The van der Waals surface area contributed by atoms with E-state index < -0.39 is 6.61 Å². The van der Waals surface area contributed by atoms with Gasteiger partial charge in [0.15, 0.2) is 11.5 Å². The van der Waals surface area contributed by atoms with Crippen LogP contribution in [0.15, 0.2) is 59.2 Å². The fraction of sp³-hybridized carbons (Fsp3) is 0.167. The second-order valence-corrected chi connectivity index (χ2v) is 5.65. The molecular weight excluding hydrogens is 396 g/mol. The highest BCUT2D eigenvalue weighted by Gasteiger charge is 2.15. The molecule has 2 aromatic carbocycles. The van der Waals surface area contributed by atoms with Gasteiger partial charge in [-0.25, -0.2) is 4.98 Å². The first-order valence-corrected chi connectivity index (χ1v) is 8.54. The number of oxazole rings is 1. The minimum atomic E-state index is -2.94. The summed E-state index contributed by atoms with van der Waals surface area (Å²) in [4.78, 5) is 4.29. The van der Waals surface area contributed by atoms with Gasteiger partial charge in [-0.3, -0.25) is 0 Å². The van der Waals surface area contributed by atoms with Crippen LogP contribution in [-0.4, -0.2) is 11.6 Å². The van der Waals surface area contributed by atoms with E-state index in [4.69, 9.17) is 9.15 Å². The number of aromatic nitrogens is 1. The van der Waals surface area contributed by atoms with Crippen molar-refractivity contribution >= 4 is 15.9 Å². The highest BCUT2D eigenvalue weighted by molar-refractivity contribution is 9.08. The molecule has 0 bridgehead atoms. The van der Waals surface area contributed by atoms with Crippen molar-refractivity contribution in [2.75, 3.05) is 0 Å². The molecular formula is C18H14BrF2NO3. The van der Waals surface area contributed by atoms with Crippen LogP contribution >= 0.6 is 15.9 Å². The van der Waals surface area contributed by atoms with E-state index in [2.05, 4.69) is 25.7 Å². The van der Waals surface area contributed by atoms with Crippen molar-refractivity contribution < 1.29 is 22.7 Å². The van der Waals surface area contributed by atoms with E-state index in [1.165, 1.54) is 12.3 Å². The van der Waals surface area contributed by atoms with Crippen LogP contribution in [0.4, 0.5) is 8.78 Å². The number of nitrogens with zero attached hydrogens (tertiary/aromatic N) is 1. The minimum Gasteiger partial charge on any atom is -0.485 e. The normalized spacial score (nSPS) is 10.9. The Labute approximate surface area is 151 Å². The molecule has 25 heavy (non-hydrogen) atoms. The lowest BCUT2D eigenvalue weighted by Crippen LogP contribution is -2.05. The average Bonchev–Trinajstić information content (AvgIpc) is 3.10. The summed E-state index contributed by atoms with van der Waals surface area (Å²) in [5, 5.41) is 0.556. The molecule has 0 amide bonds. The van der Waals surface area contributed by atoms with Gasteiger partial charge in [0.25, 0.3) is 0 Å². The fourth-order valence-electron chi connectivity index (χ4n) is 2.18. The Morgan fingerprint density at radius 1 is 1.08 bits per heavy atom. The zero-order valence-electron chi connectivity index (χ0n) is 13.0. The summed E-state index contributed by atoms with van der Waals surface area (Å²) in [6, 6.07) is 14.0. The van der Waals surface area contributed by atoms with Gasteiger partial charge >= 0.3 is 6.61 Å². The lowest BCUT2D eigenvalue weighted by atomic mass is 10.2. The van der Waals surface area contributed by atoms with Crippen molar-refractivity contribution in [2.45, 2.75) is 18.5 Å². The molecule has 0 aliphatic rings. The molecule has 0 saturated carbocycles. The third-order valence-electron chi connectivity index (χ3n) is 3.33. The van der Waals surface area contributed by atoms with Gasteiger partial charge in [0.05, 0.1) is 5.69 Å². The lowest BCUT2D eigenvalue weighted by molar-refractivity contribution is -0.0515. The molecule has 130 valence electrons. The molecule has 0 aliphatic carbocycles. The highest BCUT2D eigenvalue weighted by Crippen LogP contribution is 2.34. The summed E-state index contributed by atoms with van der Waals surface area (Å²) in [6.45, 7) is -2.71. The Bertz CT molecular complexity index is 824. The van der Waals surface area contributed by atoms with Crippen molar-refractivity contribution in [3.63, 3.8) is 0 Å².